The molecular formula is C11H11BrN2S. The van der Waals surface area contributed by atoms with Gasteiger partial charge in [-0.2, -0.15) is 0 Å². The first kappa shape index (κ1) is 10.6. The van der Waals surface area contributed by atoms with Crippen molar-refractivity contribution >= 4 is 32.4 Å². The molecule has 4 heteroatoms. The SMILES string of the molecule is Cc1cc(-c2cnc(N)s2)cc(C)c1Br. The van der Waals surface area contributed by atoms with Gasteiger partial charge in [0.25, 0.3) is 0 Å². The number of aryl methyl sites for hydroxylation is 2. The average molecular weight is 283 g/mol. The molecule has 0 unspecified atom stereocenters. The summed E-state index contributed by atoms with van der Waals surface area (Å²) >= 11 is 5.07. The Kier molecular flexibility index (Phi) is 2.80. The van der Waals surface area contributed by atoms with Crippen molar-refractivity contribution in [2.45, 2.75) is 13.8 Å². The number of benzene rings is 1. The smallest absolute Gasteiger partial charge is 0.180 e. The molecule has 2 aromatic rings. The van der Waals surface area contributed by atoms with Crippen LogP contribution in [0, 0.1) is 13.8 Å². The molecule has 2 rings (SSSR count). The summed E-state index contributed by atoms with van der Waals surface area (Å²) in [4.78, 5) is 5.18. The summed E-state index contributed by atoms with van der Waals surface area (Å²) in [7, 11) is 0. The Bertz CT molecular complexity index is 482. The Morgan fingerprint density at radius 2 is 1.87 bits per heavy atom. The highest BCUT2D eigenvalue weighted by Gasteiger charge is 2.06. The van der Waals surface area contributed by atoms with Crippen LogP contribution in [0.2, 0.25) is 0 Å². The van der Waals surface area contributed by atoms with E-state index in [0.29, 0.717) is 5.13 Å². The molecular weight excluding hydrogens is 272 g/mol. The number of nitrogens with two attached hydrogens (primary N) is 1. The number of anilines is 1. The van der Waals surface area contributed by atoms with Crippen molar-refractivity contribution in [2.75, 3.05) is 5.73 Å². The molecule has 1 heterocycles. The largest absolute Gasteiger partial charge is 0.375 e. The summed E-state index contributed by atoms with van der Waals surface area (Å²) in [5, 5.41) is 0.614. The van der Waals surface area contributed by atoms with E-state index >= 15 is 0 Å². The molecule has 0 amide bonds. The Labute approximate surface area is 101 Å². The zero-order valence-corrected chi connectivity index (χ0v) is 10.9. The monoisotopic (exact) mass is 282 g/mol. The number of thiazole rings is 1. The van der Waals surface area contributed by atoms with Gasteiger partial charge in [0.1, 0.15) is 0 Å². The third kappa shape index (κ3) is 2.06. The molecule has 78 valence electrons. The van der Waals surface area contributed by atoms with Gasteiger partial charge in [0.15, 0.2) is 5.13 Å². The van der Waals surface area contributed by atoms with Gasteiger partial charge in [0, 0.05) is 10.7 Å². The standard InChI is InChI=1S/C11H11BrN2S/c1-6-3-8(4-7(2)10(6)12)9-5-14-11(13)15-9/h3-5H,1-2H3,(H2,13,14). The molecule has 0 aliphatic heterocycles. The van der Waals surface area contributed by atoms with Gasteiger partial charge >= 0.3 is 0 Å². The lowest BCUT2D eigenvalue weighted by Crippen LogP contribution is -1.83. The van der Waals surface area contributed by atoms with Crippen molar-refractivity contribution in [1.29, 1.82) is 0 Å². The van der Waals surface area contributed by atoms with Crippen LogP contribution in [-0.4, -0.2) is 4.98 Å². The summed E-state index contributed by atoms with van der Waals surface area (Å²) in [5.74, 6) is 0. The normalized spacial score (nSPS) is 10.6. The minimum atomic E-state index is 0.614. The van der Waals surface area contributed by atoms with Gasteiger partial charge < -0.3 is 5.73 Å². The average Bonchev–Trinajstić information content (AvgIpc) is 2.60. The lowest BCUT2D eigenvalue weighted by molar-refractivity contribution is 1.34. The van der Waals surface area contributed by atoms with Gasteiger partial charge in [-0.05, 0) is 42.7 Å². The Morgan fingerprint density at radius 1 is 1.27 bits per heavy atom. The maximum absolute atomic E-state index is 5.62. The van der Waals surface area contributed by atoms with E-state index in [0.717, 1.165) is 4.88 Å². The van der Waals surface area contributed by atoms with E-state index in [9.17, 15) is 0 Å². The number of nitrogen functional groups attached to an aromatic ring is 1. The maximum Gasteiger partial charge on any atom is 0.180 e. The zero-order valence-electron chi connectivity index (χ0n) is 8.54. The Hall–Kier alpha value is -0.870. The fraction of sp³-hybridized carbons (Fsp3) is 0.182. The summed E-state index contributed by atoms with van der Waals surface area (Å²) in [6, 6.07) is 4.29. The zero-order chi connectivity index (χ0) is 11.0. The molecule has 0 radical (unpaired) electrons. The van der Waals surface area contributed by atoms with Gasteiger partial charge in [0.2, 0.25) is 0 Å². The molecule has 0 aliphatic carbocycles. The molecule has 0 saturated heterocycles. The predicted molar refractivity (Wildman–Crippen MR) is 69.1 cm³/mol. The predicted octanol–water partition coefficient (Wildman–Crippen LogP) is 3.77. The molecule has 0 bridgehead atoms. The van der Waals surface area contributed by atoms with Crippen LogP contribution in [0.3, 0.4) is 0 Å². The second-order valence-electron chi connectivity index (χ2n) is 3.49. The second kappa shape index (κ2) is 3.94. The number of aromatic nitrogens is 1. The second-order valence-corrected chi connectivity index (χ2v) is 5.34. The van der Waals surface area contributed by atoms with Crippen molar-refractivity contribution in [1.82, 2.24) is 4.98 Å². The summed E-state index contributed by atoms with van der Waals surface area (Å²) in [5.41, 5.74) is 9.27. The van der Waals surface area contributed by atoms with E-state index in [1.165, 1.54) is 32.5 Å². The van der Waals surface area contributed by atoms with Crippen molar-refractivity contribution in [3.8, 4) is 10.4 Å². The van der Waals surface area contributed by atoms with Crippen LogP contribution in [0.25, 0.3) is 10.4 Å². The van der Waals surface area contributed by atoms with Gasteiger partial charge in [-0.15, -0.1) is 0 Å². The summed E-state index contributed by atoms with van der Waals surface area (Å²) in [6.07, 6.45) is 1.82. The molecule has 0 saturated carbocycles. The Morgan fingerprint density at radius 3 is 2.33 bits per heavy atom. The number of hydrogen-bond acceptors (Lipinski definition) is 3. The first-order valence-electron chi connectivity index (χ1n) is 4.56. The fourth-order valence-corrected chi connectivity index (χ4v) is 2.41. The van der Waals surface area contributed by atoms with Crippen LogP contribution in [0.15, 0.2) is 22.8 Å². The minimum Gasteiger partial charge on any atom is -0.375 e. The molecule has 0 fully saturated rings. The highest BCUT2D eigenvalue weighted by atomic mass is 79.9. The van der Waals surface area contributed by atoms with Crippen LogP contribution in [0.4, 0.5) is 5.13 Å². The third-order valence-corrected chi connectivity index (χ3v) is 4.37. The molecule has 2 N–H and O–H groups in total. The van der Waals surface area contributed by atoms with E-state index in [4.69, 9.17) is 5.73 Å². The molecule has 0 aliphatic rings. The van der Waals surface area contributed by atoms with E-state index < -0.39 is 0 Å². The van der Waals surface area contributed by atoms with Crippen LogP contribution in [0.5, 0.6) is 0 Å². The van der Waals surface area contributed by atoms with Crippen molar-refractivity contribution < 1.29 is 0 Å². The number of hydrogen-bond donors (Lipinski definition) is 1. The van der Waals surface area contributed by atoms with Crippen molar-refractivity contribution in [3.05, 3.63) is 33.9 Å². The van der Waals surface area contributed by atoms with E-state index in [1.54, 1.807) is 0 Å². The highest BCUT2D eigenvalue weighted by molar-refractivity contribution is 9.10. The van der Waals surface area contributed by atoms with E-state index in [1.807, 2.05) is 6.20 Å². The van der Waals surface area contributed by atoms with Crippen LogP contribution in [-0.2, 0) is 0 Å². The van der Waals surface area contributed by atoms with Gasteiger partial charge in [-0.25, -0.2) is 4.98 Å². The third-order valence-electron chi connectivity index (χ3n) is 2.24. The molecule has 2 nitrogen and oxygen atoms in total. The highest BCUT2D eigenvalue weighted by Crippen LogP contribution is 2.32. The lowest BCUT2D eigenvalue weighted by Gasteiger charge is -2.05. The molecule has 15 heavy (non-hydrogen) atoms. The molecule has 1 aromatic heterocycles. The maximum atomic E-state index is 5.62. The minimum absolute atomic E-state index is 0.614. The van der Waals surface area contributed by atoms with Crippen LogP contribution < -0.4 is 5.73 Å². The van der Waals surface area contributed by atoms with E-state index in [-0.39, 0.29) is 0 Å². The topological polar surface area (TPSA) is 38.9 Å². The fourth-order valence-electron chi connectivity index (χ4n) is 1.51. The van der Waals surface area contributed by atoms with E-state index in [2.05, 4.69) is 46.9 Å². The lowest BCUT2D eigenvalue weighted by atomic mass is 10.1. The number of nitrogens with zero attached hydrogens (tertiary/aromatic N) is 1. The Balaban J connectivity index is 2.55. The molecule has 0 atom stereocenters. The number of rotatable bonds is 1. The van der Waals surface area contributed by atoms with Crippen molar-refractivity contribution in [2.24, 2.45) is 0 Å². The van der Waals surface area contributed by atoms with Gasteiger partial charge in [0.05, 0.1) is 4.88 Å². The van der Waals surface area contributed by atoms with Crippen LogP contribution >= 0.6 is 27.3 Å². The van der Waals surface area contributed by atoms with Gasteiger partial charge in [-0.1, -0.05) is 27.3 Å². The summed E-state index contributed by atoms with van der Waals surface area (Å²) < 4.78 is 1.17. The van der Waals surface area contributed by atoms with Gasteiger partial charge in [-0.3, -0.25) is 0 Å². The quantitative estimate of drug-likeness (QED) is 0.865. The molecule has 1 aromatic carbocycles. The summed E-state index contributed by atoms with van der Waals surface area (Å²) in [6.45, 7) is 4.18. The number of halogens is 1. The van der Waals surface area contributed by atoms with Crippen LogP contribution in [0.1, 0.15) is 11.1 Å². The first-order valence-corrected chi connectivity index (χ1v) is 6.17. The molecule has 0 spiro atoms. The van der Waals surface area contributed by atoms with Crippen molar-refractivity contribution in [3.63, 3.8) is 0 Å². The first-order chi connectivity index (χ1) is 7.08.